The Morgan fingerprint density at radius 1 is 0.944 bits per heavy atom. The lowest BCUT2D eigenvalue weighted by atomic mass is 9.94. The van der Waals surface area contributed by atoms with Crippen LogP contribution in [0.25, 0.3) is 0 Å². The van der Waals surface area contributed by atoms with Gasteiger partial charge in [-0.3, -0.25) is 0 Å². The van der Waals surface area contributed by atoms with Crippen LogP contribution in [0.15, 0.2) is 54.6 Å². The lowest BCUT2D eigenvalue weighted by molar-refractivity contribution is 0.572. The molecule has 2 aromatic carbocycles. The summed E-state index contributed by atoms with van der Waals surface area (Å²) in [5, 5.41) is 0. The van der Waals surface area contributed by atoms with E-state index >= 15 is 0 Å². The molecule has 0 amide bonds. The Morgan fingerprint density at radius 2 is 1.56 bits per heavy atom. The van der Waals surface area contributed by atoms with E-state index in [1.54, 1.807) is 0 Å². The van der Waals surface area contributed by atoms with Gasteiger partial charge in [-0.1, -0.05) is 83.0 Å². The van der Waals surface area contributed by atoms with Crippen LogP contribution in [0.5, 0.6) is 0 Å². The molecular weight excluding hydrogens is 284 g/mol. The number of hydrogen-bond acceptors (Lipinski definition) is 0. The van der Waals surface area contributed by atoms with E-state index in [9.17, 15) is 0 Å². The first-order valence-corrected chi connectivity index (χ1v) is 7.33. The zero-order valence-electron chi connectivity index (χ0n) is 10.9. The molecule has 0 fully saturated rings. The maximum Gasteiger partial charge on any atom is 0.0424 e. The Hall–Kier alpha value is -1.08. The molecule has 2 aromatic rings. The molecule has 0 saturated heterocycles. The van der Waals surface area contributed by atoms with E-state index in [1.165, 1.54) is 16.7 Å². The van der Waals surface area contributed by atoms with Crippen molar-refractivity contribution in [1.29, 1.82) is 0 Å². The third kappa shape index (κ3) is 3.46. The van der Waals surface area contributed by atoms with Gasteiger partial charge in [0, 0.05) is 4.83 Å². The van der Waals surface area contributed by atoms with Gasteiger partial charge in [0.05, 0.1) is 0 Å². The molecule has 0 heterocycles. The highest BCUT2D eigenvalue weighted by Gasteiger charge is 2.16. The van der Waals surface area contributed by atoms with Crippen LogP contribution in [0.4, 0.5) is 0 Å². The van der Waals surface area contributed by atoms with Gasteiger partial charge in [0.15, 0.2) is 0 Å². The second-order valence-electron chi connectivity index (χ2n) is 4.98. The molecule has 2 unspecified atom stereocenters. The van der Waals surface area contributed by atoms with E-state index in [0.717, 1.165) is 6.42 Å². The predicted octanol–water partition coefficient (Wildman–Crippen LogP) is 5.31. The molecule has 0 N–H and O–H groups in total. The van der Waals surface area contributed by atoms with Crippen molar-refractivity contribution in [1.82, 2.24) is 0 Å². The molecular formula is C17H19Br. The second kappa shape index (κ2) is 6.19. The van der Waals surface area contributed by atoms with Crippen LogP contribution in [0.2, 0.25) is 0 Å². The van der Waals surface area contributed by atoms with Crippen LogP contribution in [-0.2, 0) is 6.42 Å². The fraction of sp³-hybridized carbons (Fsp3) is 0.294. The molecule has 0 nitrogen and oxygen atoms in total. The van der Waals surface area contributed by atoms with E-state index in [0.29, 0.717) is 10.7 Å². The van der Waals surface area contributed by atoms with Gasteiger partial charge in [0.2, 0.25) is 0 Å². The van der Waals surface area contributed by atoms with Gasteiger partial charge in [-0.2, -0.15) is 0 Å². The lowest BCUT2D eigenvalue weighted by Crippen LogP contribution is -2.07. The Balaban J connectivity index is 2.03. The summed E-state index contributed by atoms with van der Waals surface area (Å²) in [6.45, 7) is 4.43. The maximum absolute atomic E-state index is 3.82. The standard InChI is InChI=1S/C17H19Br/c1-13-8-10-15(11-9-13)12-14(2)17(18)16-6-4-3-5-7-16/h3-11,14,17H,12H2,1-2H3. The number of aryl methyl sites for hydroxylation is 1. The summed E-state index contributed by atoms with van der Waals surface area (Å²) in [6.07, 6.45) is 1.10. The molecule has 0 aliphatic carbocycles. The molecule has 18 heavy (non-hydrogen) atoms. The average molecular weight is 303 g/mol. The smallest absolute Gasteiger partial charge is 0.0424 e. The van der Waals surface area contributed by atoms with Gasteiger partial charge >= 0.3 is 0 Å². The summed E-state index contributed by atoms with van der Waals surface area (Å²) >= 11 is 3.82. The van der Waals surface area contributed by atoms with Crippen molar-refractivity contribution < 1.29 is 0 Å². The van der Waals surface area contributed by atoms with Crippen LogP contribution >= 0.6 is 15.9 Å². The summed E-state index contributed by atoms with van der Waals surface area (Å²) in [5.41, 5.74) is 4.09. The molecule has 94 valence electrons. The minimum atomic E-state index is 0.417. The van der Waals surface area contributed by atoms with Crippen molar-refractivity contribution >= 4 is 15.9 Å². The summed E-state index contributed by atoms with van der Waals surface area (Å²) < 4.78 is 0. The highest BCUT2D eigenvalue weighted by Crippen LogP contribution is 2.32. The summed E-state index contributed by atoms with van der Waals surface area (Å²) in [4.78, 5) is 0.417. The SMILES string of the molecule is Cc1ccc(CC(C)C(Br)c2ccccc2)cc1. The molecule has 2 rings (SSSR count). The molecule has 2 atom stereocenters. The minimum Gasteiger partial charge on any atom is -0.0836 e. The summed E-state index contributed by atoms with van der Waals surface area (Å²) in [6, 6.07) is 19.5. The number of hydrogen-bond donors (Lipinski definition) is 0. The van der Waals surface area contributed by atoms with Crippen molar-refractivity contribution in [2.24, 2.45) is 5.92 Å². The quantitative estimate of drug-likeness (QED) is 0.671. The van der Waals surface area contributed by atoms with Crippen molar-refractivity contribution in [2.75, 3.05) is 0 Å². The van der Waals surface area contributed by atoms with E-state index in [4.69, 9.17) is 0 Å². The zero-order valence-corrected chi connectivity index (χ0v) is 12.5. The molecule has 0 bridgehead atoms. The number of halogens is 1. The van der Waals surface area contributed by atoms with Crippen LogP contribution < -0.4 is 0 Å². The third-order valence-corrected chi connectivity index (χ3v) is 4.73. The molecule has 0 aliphatic rings. The predicted molar refractivity (Wildman–Crippen MR) is 82.2 cm³/mol. The van der Waals surface area contributed by atoms with Crippen molar-refractivity contribution in [2.45, 2.75) is 25.1 Å². The first-order chi connectivity index (χ1) is 8.66. The Kier molecular flexibility index (Phi) is 4.60. The summed E-state index contributed by atoms with van der Waals surface area (Å²) in [5.74, 6) is 0.579. The monoisotopic (exact) mass is 302 g/mol. The minimum absolute atomic E-state index is 0.417. The summed E-state index contributed by atoms with van der Waals surface area (Å²) in [7, 11) is 0. The maximum atomic E-state index is 3.82. The first-order valence-electron chi connectivity index (χ1n) is 6.41. The normalized spacial score (nSPS) is 14.2. The topological polar surface area (TPSA) is 0 Å². The van der Waals surface area contributed by atoms with Crippen molar-refractivity contribution in [3.8, 4) is 0 Å². The first kappa shape index (κ1) is 13.4. The van der Waals surface area contributed by atoms with E-state index < -0.39 is 0 Å². The van der Waals surface area contributed by atoms with E-state index in [2.05, 4.69) is 84.4 Å². The molecule has 1 heteroatoms. The van der Waals surface area contributed by atoms with Crippen molar-refractivity contribution in [3.63, 3.8) is 0 Å². The lowest BCUT2D eigenvalue weighted by Gasteiger charge is -2.19. The van der Waals surface area contributed by atoms with E-state index in [-0.39, 0.29) is 0 Å². The van der Waals surface area contributed by atoms with Gasteiger partial charge in [0.25, 0.3) is 0 Å². The second-order valence-corrected chi connectivity index (χ2v) is 5.97. The van der Waals surface area contributed by atoms with Gasteiger partial charge < -0.3 is 0 Å². The number of alkyl halides is 1. The fourth-order valence-electron chi connectivity index (χ4n) is 2.16. The zero-order chi connectivity index (χ0) is 13.0. The van der Waals surface area contributed by atoms with Crippen LogP contribution in [-0.4, -0.2) is 0 Å². The highest BCUT2D eigenvalue weighted by atomic mass is 79.9. The van der Waals surface area contributed by atoms with Gasteiger partial charge in [-0.25, -0.2) is 0 Å². The molecule has 0 aromatic heterocycles. The van der Waals surface area contributed by atoms with Crippen LogP contribution in [0, 0.1) is 12.8 Å². The van der Waals surface area contributed by atoms with Crippen LogP contribution in [0.3, 0.4) is 0 Å². The third-order valence-electron chi connectivity index (χ3n) is 3.30. The van der Waals surface area contributed by atoms with Gasteiger partial charge in [-0.05, 0) is 30.4 Å². The van der Waals surface area contributed by atoms with Crippen molar-refractivity contribution in [3.05, 3.63) is 71.3 Å². The Bertz CT molecular complexity index is 473. The molecule has 0 aliphatic heterocycles. The fourth-order valence-corrected chi connectivity index (χ4v) is 2.66. The number of benzene rings is 2. The number of rotatable bonds is 4. The molecule has 0 saturated carbocycles. The largest absolute Gasteiger partial charge is 0.0836 e. The van der Waals surface area contributed by atoms with Crippen LogP contribution in [0.1, 0.15) is 28.4 Å². The highest BCUT2D eigenvalue weighted by molar-refractivity contribution is 9.09. The average Bonchev–Trinajstić information content (AvgIpc) is 2.41. The molecule has 0 spiro atoms. The Morgan fingerprint density at radius 3 is 2.17 bits per heavy atom. The molecule has 0 radical (unpaired) electrons. The van der Waals surface area contributed by atoms with E-state index in [1.807, 2.05) is 0 Å². The Labute approximate surface area is 118 Å². The van der Waals surface area contributed by atoms with Gasteiger partial charge in [0.1, 0.15) is 0 Å². The van der Waals surface area contributed by atoms with Gasteiger partial charge in [-0.15, -0.1) is 0 Å².